The molecule has 4 bridgehead atoms. The average Bonchev–Trinajstić information content (AvgIpc) is 3.35. The minimum atomic E-state index is -4.67. The zero-order valence-corrected chi connectivity index (χ0v) is 31.8. The number of nitrogens with zero attached hydrogens (tertiary/aromatic N) is 2. The predicted octanol–water partition coefficient (Wildman–Crippen LogP) is 5.84. The Morgan fingerprint density at radius 3 is 1.30 bits per heavy atom. The number of phenols is 2. The molecule has 0 atom stereocenters. The highest BCUT2D eigenvalue weighted by molar-refractivity contribution is 7.94. The Hall–Kier alpha value is -5.97. The maximum absolute atomic E-state index is 14.1. The standard InChI is InChI=1S/C35H26N4O13S4/c1-17-3-9-27-31(33(17)53(43,44)38(27)21-7-5-19-11-23(55(47,48)49)15-29(40)25(19)13-21)36-35(42)37-32-28-10-4-18(2)34(32)54(45,46)39(28)22-8-6-20-12-24(56(50,51)52)16-30(41)26(20)14-22/h3-16,40-41H,1-2H3,(H2,36,37,42)(H,47,48,49)(H,50,51,52). The largest absolute Gasteiger partial charge is 0.507 e. The van der Waals surface area contributed by atoms with E-state index in [0.717, 1.165) is 32.9 Å². The highest BCUT2D eigenvalue weighted by Gasteiger charge is 2.43. The number of aromatic hydroxyl groups is 2. The van der Waals surface area contributed by atoms with E-state index < -0.39 is 67.6 Å². The Morgan fingerprint density at radius 2 is 0.946 bits per heavy atom. The van der Waals surface area contributed by atoms with Crippen LogP contribution in [0, 0.1) is 13.8 Å². The van der Waals surface area contributed by atoms with Gasteiger partial charge in [0.05, 0.1) is 43.9 Å². The van der Waals surface area contributed by atoms with Gasteiger partial charge in [0.2, 0.25) is 0 Å². The molecule has 0 aliphatic carbocycles. The van der Waals surface area contributed by atoms with Crippen molar-refractivity contribution in [3.8, 4) is 11.5 Å². The molecule has 2 heterocycles. The van der Waals surface area contributed by atoms with Gasteiger partial charge in [-0.3, -0.25) is 9.11 Å². The van der Waals surface area contributed by atoms with Crippen molar-refractivity contribution < 1.29 is 57.8 Å². The van der Waals surface area contributed by atoms with Crippen molar-refractivity contribution >= 4 is 102 Å². The first kappa shape index (κ1) is 37.0. The van der Waals surface area contributed by atoms with Crippen LogP contribution in [0.5, 0.6) is 11.5 Å². The van der Waals surface area contributed by atoms with E-state index in [9.17, 15) is 57.8 Å². The Bertz CT molecular complexity index is 3050. The van der Waals surface area contributed by atoms with Crippen molar-refractivity contribution in [2.75, 3.05) is 19.2 Å². The van der Waals surface area contributed by atoms with Gasteiger partial charge in [-0.25, -0.2) is 30.2 Å². The first-order valence-corrected chi connectivity index (χ1v) is 21.8. The summed E-state index contributed by atoms with van der Waals surface area (Å²) in [6.45, 7) is 3.01. The van der Waals surface area contributed by atoms with E-state index in [2.05, 4.69) is 10.6 Å². The van der Waals surface area contributed by atoms with Crippen LogP contribution >= 0.6 is 0 Å². The number of hydrogen-bond acceptors (Lipinski definition) is 11. The third-order valence-electron chi connectivity index (χ3n) is 9.42. The van der Waals surface area contributed by atoms with E-state index in [4.69, 9.17) is 0 Å². The van der Waals surface area contributed by atoms with Gasteiger partial charge in [-0.2, -0.15) is 16.8 Å². The number of sulfonamides is 2. The molecule has 0 aromatic heterocycles. The lowest BCUT2D eigenvalue weighted by atomic mass is 10.1. The summed E-state index contributed by atoms with van der Waals surface area (Å²) in [5.74, 6) is -1.11. The van der Waals surface area contributed by atoms with Crippen LogP contribution in [0.2, 0.25) is 0 Å². The minimum Gasteiger partial charge on any atom is -0.507 e. The molecular weight excluding hydrogens is 813 g/mol. The van der Waals surface area contributed by atoms with E-state index in [1.807, 2.05) is 0 Å². The lowest BCUT2D eigenvalue weighted by Crippen LogP contribution is -2.21. The topological polar surface area (TPSA) is 265 Å². The number of phenolic OH excluding ortho intramolecular Hbond substituents is 2. The van der Waals surface area contributed by atoms with Crippen LogP contribution in [0.25, 0.3) is 21.5 Å². The summed E-state index contributed by atoms with van der Waals surface area (Å²) < 4.78 is 124. The highest BCUT2D eigenvalue weighted by atomic mass is 32.2. The number of hydrogen-bond donors (Lipinski definition) is 6. The molecule has 17 nitrogen and oxygen atoms in total. The van der Waals surface area contributed by atoms with E-state index in [1.54, 1.807) is 0 Å². The maximum atomic E-state index is 14.1. The molecule has 2 amide bonds. The van der Waals surface area contributed by atoms with E-state index in [0.29, 0.717) is 0 Å². The Labute approximate surface area is 318 Å². The quantitative estimate of drug-likeness (QED) is 0.108. The van der Waals surface area contributed by atoms with Gasteiger partial charge in [0.25, 0.3) is 40.3 Å². The van der Waals surface area contributed by atoms with Crippen molar-refractivity contribution in [2.24, 2.45) is 0 Å². The van der Waals surface area contributed by atoms with Crippen molar-refractivity contribution in [3.05, 3.63) is 96.1 Å². The van der Waals surface area contributed by atoms with Gasteiger partial charge < -0.3 is 20.8 Å². The van der Waals surface area contributed by atoms with Crippen LogP contribution in [-0.4, -0.2) is 59.0 Å². The number of benzene rings is 6. The molecule has 0 saturated carbocycles. The average molecular weight is 839 g/mol. The number of aryl methyl sites for hydroxylation is 2. The second-order valence-electron chi connectivity index (χ2n) is 13.0. The summed E-state index contributed by atoms with van der Waals surface area (Å²) in [6, 6.07) is 16.7. The summed E-state index contributed by atoms with van der Waals surface area (Å²) in [5, 5.41) is 26.8. The highest BCUT2D eigenvalue weighted by Crippen LogP contribution is 2.52. The Balaban J connectivity index is 1.16. The molecule has 0 saturated heterocycles. The van der Waals surface area contributed by atoms with Gasteiger partial charge >= 0.3 is 6.03 Å². The molecule has 6 N–H and O–H groups in total. The molecule has 288 valence electrons. The zero-order chi connectivity index (χ0) is 40.4. The van der Waals surface area contributed by atoms with Crippen molar-refractivity contribution in [1.82, 2.24) is 0 Å². The molecule has 6 aromatic carbocycles. The lowest BCUT2D eigenvalue weighted by molar-refractivity contribution is 0.262. The van der Waals surface area contributed by atoms with Crippen molar-refractivity contribution in [3.63, 3.8) is 0 Å². The summed E-state index contributed by atoms with van der Waals surface area (Å²) in [4.78, 5) is 12.1. The molecule has 2 aliphatic heterocycles. The van der Waals surface area contributed by atoms with Gasteiger partial charge in [0.15, 0.2) is 0 Å². The number of amides is 2. The van der Waals surface area contributed by atoms with Gasteiger partial charge in [0, 0.05) is 22.9 Å². The van der Waals surface area contributed by atoms with Crippen LogP contribution in [0.15, 0.2) is 105 Å². The summed E-state index contributed by atoms with van der Waals surface area (Å²) in [5.41, 5.74) is 0.240. The first-order valence-electron chi connectivity index (χ1n) is 16.0. The molecular formula is C35H26N4O13S4. The van der Waals surface area contributed by atoms with Crippen molar-refractivity contribution in [1.29, 1.82) is 0 Å². The third-order valence-corrected chi connectivity index (χ3v) is 14.9. The minimum absolute atomic E-state index is 0.00363. The number of rotatable bonds is 6. The number of fused-ring (bicyclic) bond motifs is 6. The molecule has 0 unspecified atom stereocenters. The molecule has 2 aliphatic rings. The predicted molar refractivity (Wildman–Crippen MR) is 205 cm³/mol. The zero-order valence-electron chi connectivity index (χ0n) is 28.6. The van der Waals surface area contributed by atoms with E-state index in [-0.39, 0.29) is 76.6 Å². The summed E-state index contributed by atoms with van der Waals surface area (Å²) >= 11 is 0. The molecule has 0 spiro atoms. The lowest BCUT2D eigenvalue weighted by Gasteiger charge is -2.19. The normalized spacial score (nSPS) is 15.4. The number of carbonyl (C=O) groups excluding carboxylic acids is 1. The smallest absolute Gasteiger partial charge is 0.323 e. The molecule has 0 radical (unpaired) electrons. The monoisotopic (exact) mass is 838 g/mol. The number of carbonyl (C=O) groups is 1. The van der Waals surface area contributed by atoms with Gasteiger partial charge in [0.1, 0.15) is 21.3 Å². The van der Waals surface area contributed by atoms with Gasteiger partial charge in [-0.05, 0) is 84.3 Å². The fraction of sp³-hybridized carbons (Fsp3) is 0.0571. The van der Waals surface area contributed by atoms with E-state index >= 15 is 0 Å². The molecule has 56 heavy (non-hydrogen) atoms. The van der Waals surface area contributed by atoms with E-state index in [1.165, 1.54) is 74.5 Å². The second-order valence-corrected chi connectivity index (χ2v) is 19.3. The second kappa shape index (κ2) is 12.0. The van der Waals surface area contributed by atoms with Crippen molar-refractivity contribution in [2.45, 2.75) is 33.4 Å². The van der Waals surface area contributed by atoms with Gasteiger partial charge in [-0.1, -0.05) is 24.3 Å². The summed E-state index contributed by atoms with van der Waals surface area (Å²) in [7, 11) is -18.2. The fourth-order valence-electron chi connectivity index (χ4n) is 7.00. The third kappa shape index (κ3) is 5.58. The van der Waals surface area contributed by atoms with Crippen LogP contribution < -0.4 is 19.2 Å². The Kier molecular flexibility index (Phi) is 7.93. The maximum Gasteiger partial charge on any atom is 0.323 e. The first-order chi connectivity index (χ1) is 26.1. The van der Waals surface area contributed by atoms with Crippen LogP contribution in [-0.2, 0) is 40.3 Å². The number of nitrogens with one attached hydrogen (secondary N) is 2. The van der Waals surface area contributed by atoms with Crippen LogP contribution in [0.1, 0.15) is 11.1 Å². The molecule has 6 aromatic rings. The van der Waals surface area contributed by atoms with Crippen LogP contribution in [0.3, 0.4) is 0 Å². The Morgan fingerprint density at radius 1 is 0.571 bits per heavy atom. The molecule has 8 rings (SSSR count). The SMILES string of the molecule is Cc1ccc2c(NC(=O)Nc3c4ccc(C)c3S(=O)(=O)N4c3ccc4cc(S(=O)(=O)O)cc(O)c4c3)c1S(=O)(=O)N2c1ccc2cc(S(=O)(=O)O)cc(O)c2c1. The van der Waals surface area contributed by atoms with Gasteiger partial charge in [-0.15, -0.1) is 0 Å². The summed E-state index contributed by atoms with van der Waals surface area (Å²) in [6.07, 6.45) is 0. The molecule has 0 fully saturated rings. The number of urea groups is 1. The molecule has 21 heteroatoms. The van der Waals surface area contributed by atoms with Crippen LogP contribution in [0.4, 0.5) is 38.9 Å². The fourth-order valence-corrected chi connectivity index (χ4v) is 11.8. The number of anilines is 6.